The Morgan fingerprint density at radius 1 is 1.17 bits per heavy atom. The minimum absolute atomic E-state index is 0.0992. The van der Waals surface area contributed by atoms with Gasteiger partial charge < -0.3 is 10.0 Å². The maximum atomic E-state index is 12.3. The summed E-state index contributed by atoms with van der Waals surface area (Å²) in [5.74, 6) is -0.461. The molecular formula is C14H23NO3. The summed E-state index contributed by atoms with van der Waals surface area (Å²) in [6, 6.07) is 0. The molecule has 0 unspecified atom stereocenters. The van der Waals surface area contributed by atoms with Crippen LogP contribution in [0, 0.1) is 5.92 Å². The second-order valence-corrected chi connectivity index (χ2v) is 5.88. The van der Waals surface area contributed by atoms with E-state index in [2.05, 4.69) is 0 Å². The molecule has 0 aromatic carbocycles. The summed E-state index contributed by atoms with van der Waals surface area (Å²) >= 11 is 0. The number of hydrogen-bond donors (Lipinski definition) is 1. The van der Waals surface area contributed by atoms with E-state index in [1.54, 1.807) is 4.90 Å². The second-order valence-electron chi connectivity index (χ2n) is 5.88. The highest BCUT2D eigenvalue weighted by Gasteiger charge is 2.42. The number of nitrogens with zero attached hydrogens (tertiary/aromatic N) is 1. The van der Waals surface area contributed by atoms with Gasteiger partial charge in [0.25, 0.3) is 0 Å². The average Bonchev–Trinajstić information content (AvgIpc) is 2.26. The first-order valence-corrected chi connectivity index (χ1v) is 7.05. The highest BCUT2D eigenvalue weighted by Crippen LogP contribution is 2.38. The van der Waals surface area contributed by atoms with Crippen molar-refractivity contribution >= 4 is 11.9 Å². The Kier molecular flexibility index (Phi) is 3.93. The molecule has 0 aromatic rings. The standard InChI is InChI=1S/C14H23NO3/c1-15(13(18)11-6-5-7-11)14(10-12(16)17)8-3-2-4-9-14/h11H,2-10H2,1H3,(H,16,17). The third kappa shape index (κ3) is 2.52. The molecule has 0 aromatic heterocycles. The Morgan fingerprint density at radius 3 is 2.22 bits per heavy atom. The fraction of sp³-hybridized carbons (Fsp3) is 0.857. The predicted molar refractivity (Wildman–Crippen MR) is 68.2 cm³/mol. The molecule has 1 amide bonds. The summed E-state index contributed by atoms with van der Waals surface area (Å²) in [6.07, 6.45) is 8.11. The van der Waals surface area contributed by atoms with Gasteiger partial charge in [0.05, 0.1) is 12.0 Å². The summed E-state index contributed by atoms with van der Waals surface area (Å²) in [5.41, 5.74) is -0.420. The van der Waals surface area contributed by atoms with Crippen LogP contribution in [0.3, 0.4) is 0 Å². The van der Waals surface area contributed by atoms with E-state index in [9.17, 15) is 9.59 Å². The van der Waals surface area contributed by atoms with Gasteiger partial charge in [0.15, 0.2) is 0 Å². The van der Waals surface area contributed by atoms with Crippen LogP contribution in [0.2, 0.25) is 0 Å². The lowest BCUT2D eigenvalue weighted by Crippen LogP contribution is -2.54. The van der Waals surface area contributed by atoms with Gasteiger partial charge in [-0.2, -0.15) is 0 Å². The van der Waals surface area contributed by atoms with E-state index in [0.717, 1.165) is 51.4 Å². The van der Waals surface area contributed by atoms with Gasteiger partial charge >= 0.3 is 5.97 Å². The molecule has 2 fully saturated rings. The van der Waals surface area contributed by atoms with Crippen LogP contribution in [0.5, 0.6) is 0 Å². The minimum atomic E-state index is -0.787. The van der Waals surface area contributed by atoms with Gasteiger partial charge in [-0.05, 0) is 25.7 Å². The van der Waals surface area contributed by atoms with Crippen LogP contribution in [-0.2, 0) is 9.59 Å². The van der Waals surface area contributed by atoms with E-state index in [-0.39, 0.29) is 18.2 Å². The number of hydrogen-bond acceptors (Lipinski definition) is 2. The van der Waals surface area contributed by atoms with Crippen LogP contribution >= 0.6 is 0 Å². The zero-order chi connectivity index (χ0) is 13.2. The summed E-state index contributed by atoms with van der Waals surface area (Å²) in [4.78, 5) is 25.2. The molecule has 0 aliphatic heterocycles. The number of amides is 1. The first-order valence-electron chi connectivity index (χ1n) is 7.05. The molecule has 0 spiro atoms. The lowest BCUT2D eigenvalue weighted by atomic mass is 9.76. The van der Waals surface area contributed by atoms with Crippen molar-refractivity contribution in [3.63, 3.8) is 0 Å². The molecule has 2 aliphatic rings. The van der Waals surface area contributed by atoms with Gasteiger partial charge in [-0.25, -0.2) is 0 Å². The second kappa shape index (κ2) is 5.29. The number of carboxylic acids is 1. The molecule has 0 atom stereocenters. The van der Waals surface area contributed by atoms with Crippen molar-refractivity contribution in [2.45, 2.75) is 63.3 Å². The Morgan fingerprint density at radius 2 is 1.78 bits per heavy atom. The van der Waals surface area contributed by atoms with E-state index in [4.69, 9.17) is 5.11 Å². The van der Waals surface area contributed by atoms with E-state index in [1.807, 2.05) is 7.05 Å². The number of aliphatic carboxylic acids is 1. The van der Waals surface area contributed by atoms with Crippen LogP contribution in [0.4, 0.5) is 0 Å². The summed E-state index contributed by atoms with van der Waals surface area (Å²) in [5, 5.41) is 9.13. The van der Waals surface area contributed by atoms with Crippen molar-refractivity contribution in [3.8, 4) is 0 Å². The number of carbonyl (C=O) groups excluding carboxylic acids is 1. The van der Waals surface area contributed by atoms with Gasteiger partial charge in [0.2, 0.25) is 5.91 Å². The largest absolute Gasteiger partial charge is 0.481 e. The van der Waals surface area contributed by atoms with Gasteiger partial charge in [0, 0.05) is 13.0 Å². The molecule has 4 nitrogen and oxygen atoms in total. The van der Waals surface area contributed by atoms with Crippen LogP contribution in [-0.4, -0.2) is 34.5 Å². The van der Waals surface area contributed by atoms with E-state index in [1.165, 1.54) is 0 Å². The van der Waals surface area contributed by atoms with Crippen molar-refractivity contribution in [2.75, 3.05) is 7.05 Å². The fourth-order valence-corrected chi connectivity index (χ4v) is 3.28. The van der Waals surface area contributed by atoms with Crippen molar-refractivity contribution < 1.29 is 14.7 Å². The molecule has 102 valence electrons. The van der Waals surface area contributed by atoms with Gasteiger partial charge in [-0.3, -0.25) is 9.59 Å². The molecule has 1 N–H and O–H groups in total. The van der Waals surface area contributed by atoms with Crippen molar-refractivity contribution in [2.24, 2.45) is 5.92 Å². The first-order chi connectivity index (χ1) is 8.55. The molecule has 0 heterocycles. The number of carbonyl (C=O) groups is 2. The molecular weight excluding hydrogens is 230 g/mol. The van der Waals surface area contributed by atoms with Crippen LogP contribution in [0.1, 0.15) is 57.8 Å². The first kappa shape index (κ1) is 13.4. The van der Waals surface area contributed by atoms with Crippen LogP contribution in [0.15, 0.2) is 0 Å². The van der Waals surface area contributed by atoms with Crippen LogP contribution < -0.4 is 0 Å². The molecule has 2 saturated carbocycles. The van der Waals surface area contributed by atoms with Gasteiger partial charge in [0.1, 0.15) is 0 Å². The SMILES string of the molecule is CN(C(=O)C1CCC1)C1(CC(=O)O)CCCCC1. The molecule has 0 radical (unpaired) electrons. The Balaban J connectivity index is 2.11. The summed E-state index contributed by atoms with van der Waals surface area (Å²) in [7, 11) is 1.81. The average molecular weight is 253 g/mol. The number of carboxylic acid groups (broad SMARTS) is 1. The van der Waals surface area contributed by atoms with E-state index in [0.29, 0.717) is 0 Å². The minimum Gasteiger partial charge on any atom is -0.481 e. The zero-order valence-electron chi connectivity index (χ0n) is 11.2. The number of rotatable bonds is 4. The lowest BCUT2D eigenvalue weighted by Gasteiger charge is -2.46. The van der Waals surface area contributed by atoms with Crippen molar-refractivity contribution in [1.29, 1.82) is 0 Å². The van der Waals surface area contributed by atoms with Crippen molar-refractivity contribution in [3.05, 3.63) is 0 Å². The highest BCUT2D eigenvalue weighted by molar-refractivity contribution is 5.81. The summed E-state index contributed by atoms with van der Waals surface area (Å²) < 4.78 is 0. The Bertz CT molecular complexity index is 330. The zero-order valence-corrected chi connectivity index (χ0v) is 11.2. The van der Waals surface area contributed by atoms with Crippen molar-refractivity contribution in [1.82, 2.24) is 4.90 Å². The molecule has 2 aliphatic carbocycles. The summed E-state index contributed by atoms with van der Waals surface area (Å²) in [6.45, 7) is 0. The van der Waals surface area contributed by atoms with Crippen LogP contribution in [0.25, 0.3) is 0 Å². The maximum absolute atomic E-state index is 12.3. The van der Waals surface area contributed by atoms with Gasteiger partial charge in [-0.15, -0.1) is 0 Å². The molecule has 4 heteroatoms. The maximum Gasteiger partial charge on any atom is 0.305 e. The molecule has 18 heavy (non-hydrogen) atoms. The monoisotopic (exact) mass is 253 g/mol. The molecule has 0 saturated heterocycles. The third-order valence-corrected chi connectivity index (χ3v) is 4.76. The predicted octanol–water partition coefficient (Wildman–Crippen LogP) is 2.42. The Labute approximate surface area is 108 Å². The lowest BCUT2D eigenvalue weighted by molar-refractivity contribution is -0.149. The third-order valence-electron chi connectivity index (χ3n) is 4.76. The van der Waals surface area contributed by atoms with Gasteiger partial charge in [-0.1, -0.05) is 25.7 Å². The quantitative estimate of drug-likeness (QED) is 0.837. The Hall–Kier alpha value is -1.06. The van der Waals surface area contributed by atoms with E-state index >= 15 is 0 Å². The molecule has 2 rings (SSSR count). The van der Waals surface area contributed by atoms with E-state index < -0.39 is 11.5 Å². The topological polar surface area (TPSA) is 57.6 Å². The molecule has 0 bridgehead atoms. The fourth-order valence-electron chi connectivity index (χ4n) is 3.28. The normalized spacial score (nSPS) is 23.2. The highest BCUT2D eigenvalue weighted by atomic mass is 16.4. The smallest absolute Gasteiger partial charge is 0.305 e.